The van der Waals surface area contributed by atoms with Crippen LogP contribution in [0.25, 0.3) is 0 Å². The predicted octanol–water partition coefficient (Wildman–Crippen LogP) is 1.72. The molecule has 2 heterocycles. The van der Waals surface area contributed by atoms with Crippen LogP contribution in [-0.4, -0.2) is 43.7 Å². The van der Waals surface area contributed by atoms with Gasteiger partial charge in [-0.2, -0.15) is 0 Å². The summed E-state index contributed by atoms with van der Waals surface area (Å²) in [5.74, 6) is 0.343. The van der Waals surface area contributed by atoms with E-state index in [2.05, 4.69) is 5.32 Å². The molecule has 3 N–H and O–H groups in total. The molecule has 0 bridgehead atoms. The Balaban J connectivity index is 0.00000261. The van der Waals surface area contributed by atoms with E-state index in [9.17, 15) is 9.59 Å². The van der Waals surface area contributed by atoms with Crippen molar-refractivity contribution in [3.8, 4) is 11.5 Å². The predicted molar refractivity (Wildman–Crippen MR) is 106 cm³/mol. The minimum absolute atomic E-state index is 0. The zero-order chi connectivity index (χ0) is 18.9. The molecule has 1 aromatic rings. The number of anilines is 1. The van der Waals surface area contributed by atoms with Crippen LogP contribution in [-0.2, 0) is 9.59 Å². The van der Waals surface area contributed by atoms with E-state index < -0.39 is 11.5 Å². The van der Waals surface area contributed by atoms with Crippen LogP contribution in [0.1, 0.15) is 27.2 Å². The second kappa shape index (κ2) is 8.35. The molecule has 2 aliphatic heterocycles. The minimum atomic E-state index is -0.687. The van der Waals surface area contributed by atoms with Gasteiger partial charge in [-0.3, -0.25) is 9.59 Å². The second-order valence-corrected chi connectivity index (χ2v) is 7.42. The Kier molecular flexibility index (Phi) is 6.59. The van der Waals surface area contributed by atoms with Gasteiger partial charge in [0, 0.05) is 24.8 Å². The molecule has 0 spiro atoms. The van der Waals surface area contributed by atoms with Crippen LogP contribution in [0, 0.1) is 11.8 Å². The first-order chi connectivity index (χ1) is 12.4. The van der Waals surface area contributed by atoms with Crippen molar-refractivity contribution in [2.24, 2.45) is 17.6 Å². The Morgan fingerprint density at radius 3 is 2.63 bits per heavy atom. The molecule has 2 aliphatic rings. The number of nitrogens with zero attached hydrogens (tertiary/aromatic N) is 1. The first-order valence-electron chi connectivity index (χ1n) is 9.09. The lowest BCUT2D eigenvalue weighted by atomic mass is 9.87. The molecule has 1 fully saturated rings. The van der Waals surface area contributed by atoms with Gasteiger partial charge in [-0.1, -0.05) is 13.8 Å². The van der Waals surface area contributed by atoms with E-state index in [1.165, 1.54) is 0 Å². The molecule has 1 saturated heterocycles. The highest BCUT2D eigenvalue weighted by Crippen LogP contribution is 2.36. The Morgan fingerprint density at radius 1 is 1.33 bits per heavy atom. The first-order valence-corrected chi connectivity index (χ1v) is 9.09. The highest BCUT2D eigenvalue weighted by Gasteiger charge is 2.40. The number of nitrogens with two attached hydrogens (primary N) is 1. The topological polar surface area (TPSA) is 93.9 Å². The number of ether oxygens (including phenoxy) is 2. The quantitative estimate of drug-likeness (QED) is 0.738. The number of carbonyl (C=O) groups excluding carboxylic acids is 2. The van der Waals surface area contributed by atoms with Crippen LogP contribution >= 0.6 is 12.4 Å². The van der Waals surface area contributed by atoms with Gasteiger partial charge in [0.05, 0.1) is 5.54 Å². The van der Waals surface area contributed by atoms with Gasteiger partial charge in [-0.15, -0.1) is 12.4 Å². The smallest absolute Gasteiger partial charge is 0.239 e. The number of hydrogen-bond donors (Lipinski definition) is 2. The lowest BCUT2D eigenvalue weighted by Crippen LogP contribution is -2.57. The van der Waals surface area contributed by atoms with E-state index in [0.717, 1.165) is 5.69 Å². The van der Waals surface area contributed by atoms with Gasteiger partial charge in [0.1, 0.15) is 19.1 Å². The number of hydrogen-bond acceptors (Lipinski definition) is 5. The van der Waals surface area contributed by atoms with Crippen LogP contribution in [0.5, 0.6) is 11.5 Å². The molecule has 27 heavy (non-hydrogen) atoms. The standard InChI is InChI=1S/C19H27N3O4.ClH/c1-12(2)19(3,11-20)21-17(23)14-6-7-22(18(14)24)13-4-5-15-16(10-13)26-9-8-25-15;/h4-5,10,12,14H,6-9,11,20H2,1-3H3,(H,21,23);1H. The Hall–Kier alpha value is -1.99. The van der Waals surface area contributed by atoms with Gasteiger partial charge in [0.2, 0.25) is 11.8 Å². The van der Waals surface area contributed by atoms with Gasteiger partial charge >= 0.3 is 0 Å². The average Bonchev–Trinajstić information content (AvgIpc) is 3.02. The molecule has 2 amide bonds. The van der Waals surface area contributed by atoms with Crippen molar-refractivity contribution in [1.29, 1.82) is 0 Å². The normalized spacial score (nSPS) is 20.9. The Morgan fingerprint density at radius 2 is 2.00 bits per heavy atom. The van der Waals surface area contributed by atoms with E-state index in [0.29, 0.717) is 44.2 Å². The molecule has 0 radical (unpaired) electrons. The third-order valence-corrected chi connectivity index (χ3v) is 5.47. The van der Waals surface area contributed by atoms with Gasteiger partial charge in [-0.05, 0) is 31.4 Å². The molecule has 0 saturated carbocycles. The zero-order valence-electron chi connectivity index (χ0n) is 16.0. The van der Waals surface area contributed by atoms with Gasteiger partial charge in [0.15, 0.2) is 11.5 Å². The summed E-state index contributed by atoms with van der Waals surface area (Å²) in [5, 5.41) is 2.98. The van der Waals surface area contributed by atoms with Crippen LogP contribution in [0.15, 0.2) is 18.2 Å². The van der Waals surface area contributed by atoms with E-state index >= 15 is 0 Å². The van der Waals surface area contributed by atoms with E-state index in [1.807, 2.05) is 26.8 Å². The maximum absolute atomic E-state index is 12.8. The Bertz CT molecular complexity index is 712. The fraction of sp³-hybridized carbons (Fsp3) is 0.579. The van der Waals surface area contributed by atoms with Crippen LogP contribution in [0.4, 0.5) is 5.69 Å². The Labute approximate surface area is 166 Å². The minimum Gasteiger partial charge on any atom is -0.486 e. The summed E-state index contributed by atoms with van der Waals surface area (Å²) in [4.78, 5) is 27.1. The van der Waals surface area contributed by atoms with Gasteiger partial charge in [0.25, 0.3) is 0 Å². The number of benzene rings is 1. The summed E-state index contributed by atoms with van der Waals surface area (Å²) < 4.78 is 11.1. The number of fused-ring (bicyclic) bond motifs is 1. The van der Waals surface area contributed by atoms with Crippen molar-refractivity contribution in [3.05, 3.63) is 18.2 Å². The number of halogens is 1. The zero-order valence-corrected chi connectivity index (χ0v) is 16.8. The highest BCUT2D eigenvalue weighted by atomic mass is 35.5. The first kappa shape index (κ1) is 21.3. The van der Waals surface area contributed by atoms with Gasteiger partial charge < -0.3 is 25.4 Å². The summed E-state index contributed by atoms with van der Waals surface area (Å²) in [6, 6.07) is 5.42. The summed E-state index contributed by atoms with van der Waals surface area (Å²) in [6.45, 7) is 7.75. The van der Waals surface area contributed by atoms with Crippen molar-refractivity contribution in [3.63, 3.8) is 0 Å². The number of rotatable bonds is 5. The van der Waals surface area contributed by atoms with Crippen LogP contribution in [0.2, 0.25) is 0 Å². The maximum atomic E-state index is 12.8. The molecule has 3 rings (SSSR count). The van der Waals surface area contributed by atoms with Crippen molar-refractivity contribution in [2.75, 3.05) is 31.2 Å². The summed E-state index contributed by atoms with van der Waals surface area (Å²) in [6.07, 6.45) is 0.484. The third-order valence-electron chi connectivity index (χ3n) is 5.47. The molecule has 7 nitrogen and oxygen atoms in total. The lowest BCUT2D eigenvalue weighted by molar-refractivity contribution is -0.133. The van der Waals surface area contributed by atoms with Crippen LogP contribution in [0.3, 0.4) is 0 Å². The van der Waals surface area contributed by atoms with Gasteiger partial charge in [-0.25, -0.2) is 0 Å². The monoisotopic (exact) mass is 397 g/mol. The average molecular weight is 398 g/mol. The van der Waals surface area contributed by atoms with Crippen molar-refractivity contribution < 1.29 is 19.1 Å². The second-order valence-electron chi connectivity index (χ2n) is 7.42. The summed E-state index contributed by atoms with van der Waals surface area (Å²) in [7, 11) is 0. The number of carbonyl (C=O) groups is 2. The maximum Gasteiger partial charge on any atom is 0.239 e. The SMILES string of the molecule is CC(C)C(C)(CN)NC(=O)C1CCN(c2ccc3c(c2)OCCO3)C1=O.Cl. The van der Waals surface area contributed by atoms with E-state index in [1.54, 1.807) is 17.0 Å². The fourth-order valence-corrected chi connectivity index (χ4v) is 3.18. The molecular formula is C19H28ClN3O4. The molecule has 8 heteroatoms. The van der Waals surface area contributed by atoms with Crippen molar-refractivity contribution in [1.82, 2.24) is 5.32 Å². The molecule has 0 aliphatic carbocycles. The summed E-state index contributed by atoms with van der Waals surface area (Å²) >= 11 is 0. The number of amides is 2. The molecule has 2 unspecified atom stereocenters. The summed E-state index contributed by atoms with van der Waals surface area (Å²) in [5.41, 5.74) is 6.03. The van der Waals surface area contributed by atoms with Crippen molar-refractivity contribution in [2.45, 2.75) is 32.7 Å². The fourth-order valence-electron chi connectivity index (χ4n) is 3.18. The van der Waals surface area contributed by atoms with Crippen molar-refractivity contribution >= 4 is 29.9 Å². The molecule has 0 aromatic heterocycles. The molecule has 1 aromatic carbocycles. The largest absolute Gasteiger partial charge is 0.486 e. The molecule has 2 atom stereocenters. The van der Waals surface area contributed by atoms with Crippen LogP contribution < -0.4 is 25.4 Å². The lowest BCUT2D eigenvalue weighted by Gasteiger charge is -2.34. The molecule has 150 valence electrons. The number of nitrogens with one attached hydrogen (secondary N) is 1. The highest BCUT2D eigenvalue weighted by molar-refractivity contribution is 6.09. The van der Waals surface area contributed by atoms with E-state index in [4.69, 9.17) is 15.2 Å². The molecular weight excluding hydrogens is 370 g/mol. The third kappa shape index (κ3) is 4.14. The van der Waals surface area contributed by atoms with E-state index in [-0.39, 0.29) is 30.1 Å².